The van der Waals surface area contributed by atoms with Crippen LogP contribution in [0.4, 0.5) is 0 Å². The quantitative estimate of drug-likeness (QED) is 0.173. The summed E-state index contributed by atoms with van der Waals surface area (Å²) < 4.78 is 32.7. The Bertz CT molecular complexity index is 2020. The average Bonchev–Trinajstić information content (AvgIpc) is 3.18. The van der Waals surface area contributed by atoms with E-state index < -0.39 is 0 Å². The third kappa shape index (κ3) is 10.6. The molecule has 10 bridgehead atoms. The average molecular weight is 881 g/mol. The van der Waals surface area contributed by atoms with Crippen LogP contribution >= 0.6 is 0 Å². The summed E-state index contributed by atoms with van der Waals surface area (Å²) in [5.74, 6) is 4.49. The Labute approximate surface area is 393 Å². The molecule has 0 spiro atoms. The lowest BCUT2D eigenvalue weighted by Gasteiger charge is -2.28. The second kappa shape index (κ2) is 18.1. The van der Waals surface area contributed by atoms with Crippen LogP contribution in [0.3, 0.4) is 0 Å². The third-order valence-corrected chi connectivity index (χ3v) is 13.5. The molecule has 0 unspecified atom stereocenters. The molecule has 6 rings (SSSR count). The molecule has 5 aromatic carbocycles. The van der Waals surface area contributed by atoms with Crippen LogP contribution in [0.1, 0.15) is 187 Å². The molecule has 5 heteroatoms. The number of fused-ring (bicyclic) bond motifs is 10. The van der Waals surface area contributed by atoms with Gasteiger partial charge in [0.2, 0.25) is 0 Å². The zero-order chi connectivity index (χ0) is 48.2. The molecule has 0 N–H and O–H groups in total. The highest BCUT2D eigenvalue weighted by Gasteiger charge is 2.29. The van der Waals surface area contributed by atoms with Crippen LogP contribution in [0.25, 0.3) is 0 Å². The maximum Gasteiger partial charge on any atom is 0.125 e. The summed E-state index contributed by atoms with van der Waals surface area (Å²) in [6, 6.07) is 23.6. The van der Waals surface area contributed by atoms with Crippen LogP contribution in [0, 0.1) is 0 Å². The smallest absolute Gasteiger partial charge is 0.125 e. The minimum atomic E-state index is -0.118. The van der Waals surface area contributed by atoms with E-state index in [1.54, 1.807) is 0 Å². The largest absolute Gasteiger partial charge is 0.496 e. The fourth-order valence-corrected chi connectivity index (χ4v) is 9.59. The van der Waals surface area contributed by atoms with Gasteiger partial charge in [-0.05, 0) is 111 Å². The third-order valence-electron chi connectivity index (χ3n) is 13.5. The first-order chi connectivity index (χ1) is 30.1. The summed E-state index contributed by atoms with van der Waals surface area (Å²) in [6.07, 6.45) is 3.19. The molecule has 0 aromatic heterocycles. The van der Waals surface area contributed by atoms with Crippen molar-refractivity contribution in [3.63, 3.8) is 0 Å². The summed E-state index contributed by atoms with van der Waals surface area (Å²) in [5, 5.41) is 0. The van der Waals surface area contributed by atoms with E-state index in [1.807, 2.05) is 35.5 Å². The summed E-state index contributed by atoms with van der Waals surface area (Å²) in [4.78, 5) is 0. The van der Waals surface area contributed by atoms with Crippen molar-refractivity contribution in [3.8, 4) is 28.7 Å². The molecule has 0 amide bonds. The van der Waals surface area contributed by atoms with E-state index in [0.717, 1.165) is 84.4 Å². The lowest BCUT2D eigenvalue weighted by molar-refractivity contribution is 0.394. The fourth-order valence-electron chi connectivity index (χ4n) is 9.59. The first kappa shape index (κ1) is 49.5. The highest BCUT2D eigenvalue weighted by atomic mass is 16.5. The summed E-state index contributed by atoms with van der Waals surface area (Å²) >= 11 is 0. The Balaban J connectivity index is 1.82. The van der Waals surface area contributed by atoms with Crippen molar-refractivity contribution >= 4 is 0 Å². The zero-order valence-corrected chi connectivity index (χ0v) is 43.9. The highest BCUT2D eigenvalue weighted by Crippen LogP contribution is 2.45. The van der Waals surface area contributed by atoms with Crippen LogP contribution < -0.4 is 23.7 Å². The molecule has 0 aliphatic heterocycles. The van der Waals surface area contributed by atoms with Gasteiger partial charge in [0, 0.05) is 32.1 Å². The van der Waals surface area contributed by atoms with Gasteiger partial charge >= 0.3 is 0 Å². The lowest BCUT2D eigenvalue weighted by atomic mass is 9.79. The van der Waals surface area contributed by atoms with Gasteiger partial charge in [-0.3, -0.25) is 0 Å². The van der Waals surface area contributed by atoms with Crippen molar-refractivity contribution in [1.82, 2.24) is 0 Å². The van der Waals surface area contributed by atoms with Gasteiger partial charge in [0.05, 0.1) is 35.5 Å². The topological polar surface area (TPSA) is 46.2 Å². The summed E-state index contributed by atoms with van der Waals surface area (Å²) in [6.45, 7) is 34.4. The van der Waals surface area contributed by atoms with E-state index in [-0.39, 0.29) is 27.1 Å². The number of methoxy groups -OCH3 is 5. The highest BCUT2D eigenvalue weighted by molar-refractivity contribution is 5.60. The molecule has 1 aliphatic carbocycles. The molecule has 1 aliphatic rings. The summed E-state index contributed by atoms with van der Waals surface area (Å²) in [7, 11) is 9.09. The van der Waals surface area contributed by atoms with Gasteiger partial charge in [-0.25, -0.2) is 0 Å². The van der Waals surface area contributed by atoms with E-state index in [2.05, 4.69) is 165 Å². The van der Waals surface area contributed by atoms with E-state index >= 15 is 0 Å². The van der Waals surface area contributed by atoms with E-state index in [1.165, 1.54) is 27.8 Å². The normalized spacial score (nSPS) is 13.8. The van der Waals surface area contributed by atoms with Crippen LogP contribution in [-0.4, -0.2) is 35.5 Å². The minimum Gasteiger partial charge on any atom is -0.496 e. The van der Waals surface area contributed by atoms with Crippen molar-refractivity contribution in [1.29, 1.82) is 0 Å². The van der Waals surface area contributed by atoms with Gasteiger partial charge in [0.15, 0.2) is 0 Å². The molecule has 0 saturated carbocycles. The number of ether oxygens (including phenoxy) is 5. The zero-order valence-electron chi connectivity index (χ0n) is 43.9. The van der Waals surface area contributed by atoms with Crippen molar-refractivity contribution in [2.75, 3.05) is 35.5 Å². The maximum atomic E-state index is 6.54. The van der Waals surface area contributed by atoms with Gasteiger partial charge in [-0.15, -0.1) is 0 Å². The molecule has 0 fully saturated rings. The first-order valence-corrected chi connectivity index (χ1v) is 23.6. The second-order valence-electron chi connectivity index (χ2n) is 23.8. The summed E-state index contributed by atoms with van der Waals surface area (Å²) in [5.41, 5.74) is 17.1. The lowest BCUT2D eigenvalue weighted by Crippen LogP contribution is -2.17. The van der Waals surface area contributed by atoms with Crippen LogP contribution in [-0.2, 0) is 59.2 Å². The number of benzene rings is 5. The Kier molecular flexibility index (Phi) is 13.8. The second-order valence-corrected chi connectivity index (χ2v) is 23.8. The van der Waals surface area contributed by atoms with E-state index in [9.17, 15) is 0 Å². The Hall–Kier alpha value is -4.90. The van der Waals surface area contributed by atoms with Gasteiger partial charge in [-0.2, -0.15) is 0 Å². The Morgan fingerprint density at radius 1 is 0.231 bits per heavy atom. The number of hydrogen-bond acceptors (Lipinski definition) is 5. The molecule has 0 atom stereocenters. The molecule has 0 heterocycles. The number of rotatable bonds is 5. The molecule has 5 aromatic rings. The SMILES string of the molecule is COc1c2cc(C(C)(C)C)cc1Cc1cc(C(C)(C)C)cc(c1OC)Cc1cc(C(C)(C)C)cc(c1OC)Cc1cc(C(C)(C)C)cc(c1OC)Cc1cc(C(C)(C)C)cc(c1OC)C2. The van der Waals surface area contributed by atoms with Crippen molar-refractivity contribution in [2.45, 2.75) is 163 Å². The predicted molar refractivity (Wildman–Crippen MR) is 272 cm³/mol. The maximum absolute atomic E-state index is 6.54. The first-order valence-electron chi connectivity index (χ1n) is 23.6. The van der Waals surface area contributed by atoms with E-state index in [4.69, 9.17) is 23.7 Å². The molecular formula is C60H80O5. The van der Waals surface area contributed by atoms with Crippen molar-refractivity contribution in [3.05, 3.63) is 144 Å². The Morgan fingerprint density at radius 3 is 0.415 bits per heavy atom. The van der Waals surface area contributed by atoms with E-state index in [0.29, 0.717) is 32.1 Å². The Morgan fingerprint density at radius 2 is 0.338 bits per heavy atom. The minimum absolute atomic E-state index is 0.118. The molecule has 0 radical (unpaired) electrons. The number of hydrogen-bond donors (Lipinski definition) is 0. The standard InChI is InChI=1S/C60H80O5/c1-56(2,3)46-26-36-21-38-28-47(57(4,5)6)30-40(52(38)62-17)23-42-32-49(59(10,11)12)34-44(54(42)64-19)25-45-35-50(60(13,14)15)33-43(55(45)65-20)24-41-31-48(58(7,8)9)29-39(53(41)63-18)22-37(27-46)51(36)61-16/h26-35H,21-25H2,1-20H3. The van der Waals surface area contributed by atoms with Gasteiger partial charge in [0.1, 0.15) is 28.7 Å². The van der Waals surface area contributed by atoms with Gasteiger partial charge < -0.3 is 23.7 Å². The molecule has 65 heavy (non-hydrogen) atoms. The van der Waals surface area contributed by atoms with Gasteiger partial charge in [0.25, 0.3) is 0 Å². The van der Waals surface area contributed by atoms with Crippen LogP contribution in [0.15, 0.2) is 60.7 Å². The van der Waals surface area contributed by atoms with Crippen LogP contribution in [0.5, 0.6) is 28.7 Å². The fraction of sp³-hybridized carbons (Fsp3) is 0.500. The monoisotopic (exact) mass is 881 g/mol. The molecule has 350 valence electrons. The molecular weight excluding hydrogens is 801 g/mol. The molecule has 0 saturated heterocycles. The predicted octanol–water partition coefficient (Wildman–Crippen LogP) is 14.5. The van der Waals surface area contributed by atoms with Crippen LogP contribution in [0.2, 0.25) is 0 Å². The van der Waals surface area contributed by atoms with Crippen molar-refractivity contribution in [2.24, 2.45) is 0 Å². The molecule has 5 nitrogen and oxygen atoms in total. The van der Waals surface area contributed by atoms with Crippen molar-refractivity contribution < 1.29 is 23.7 Å². The van der Waals surface area contributed by atoms with Gasteiger partial charge in [-0.1, -0.05) is 165 Å².